The zero-order valence-corrected chi connectivity index (χ0v) is 15.6. The smallest absolute Gasteiger partial charge is 0.221 e. The molecule has 20 heavy (non-hydrogen) atoms. The monoisotopic (exact) mass is 398 g/mol. The molecule has 0 radical (unpaired) electrons. The summed E-state index contributed by atoms with van der Waals surface area (Å²) in [6, 6.07) is 0. The molecule has 0 saturated heterocycles. The Labute approximate surface area is 140 Å². The second kappa shape index (κ2) is 14.9. The number of hydrogen-bond donors (Lipinski definition) is 3. The Hall–Kier alpha value is -0.530. The molecule has 120 valence electrons. The molecule has 0 saturated carbocycles. The van der Waals surface area contributed by atoms with Gasteiger partial charge in [-0.1, -0.05) is 20.8 Å². The third-order valence-corrected chi connectivity index (χ3v) is 2.54. The second-order valence-electron chi connectivity index (χ2n) is 4.97. The minimum atomic E-state index is 0. The normalized spacial score (nSPS) is 10.9. The first-order valence-electron chi connectivity index (χ1n) is 7.39. The summed E-state index contributed by atoms with van der Waals surface area (Å²) in [5, 5.41) is 9.22. The molecule has 0 aromatic rings. The van der Waals surface area contributed by atoms with E-state index in [0.29, 0.717) is 18.9 Å². The van der Waals surface area contributed by atoms with Gasteiger partial charge >= 0.3 is 0 Å². The molecule has 6 heteroatoms. The fourth-order valence-electron chi connectivity index (χ4n) is 1.42. The van der Waals surface area contributed by atoms with E-state index in [2.05, 4.69) is 34.8 Å². The Bertz CT molecular complexity index is 270. The van der Waals surface area contributed by atoms with Gasteiger partial charge in [0.2, 0.25) is 5.91 Å². The molecule has 1 amide bonds. The number of hydrogen-bond acceptors (Lipinski definition) is 2. The second-order valence-corrected chi connectivity index (χ2v) is 4.97. The van der Waals surface area contributed by atoms with Gasteiger partial charge in [0.1, 0.15) is 0 Å². The summed E-state index contributed by atoms with van der Waals surface area (Å²) in [6.07, 6.45) is 2.53. The Morgan fingerprint density at radius 3 is 2.35 bits per heavy atom. The molecular weight excluding hydrogens is 367 g/mol. The quantitative estimate of drug-likeness (QED) is 0.317. The van der Waals surface area contributed by atoms with E-state index in [1.807, 2.05) is 13.8 Å². The van der Waals surface area contributed by atoms with Gasteiger partial charge in [0.05, 0.1) is 0 Å². The lowest BCUT2D eigenvalue weighted by molar-refractivity contribution is -0.120. The molecule has 0 aliphatic carbocycles. The van der Waals surface area contributed by atoms with Gasteiger partial charge in [0.15, 0.2) is 5.96 Å². The number of nitrogens with one attached hydrogen (secondary N) is 3. The van der Waals surface area contributed by atoms with Gasteiger partial charge in [0, 0.05) is 32.6 Å². The van der Waals surface area contributed by atoms with Gasteiger partial charge in [-0.2, -0.15) is 0 Å². The highest BCUT2D eigenvalue weighted by atomic mass is 127. The third-order valence-electron chi connectivity index (χ3n) is 2.54. The standard InChI is InChI=1S/C14H30N4O.HI/c1-5-9-16-13(19)8-11-18-14(15-6-2)17-10-7-12(3)4;/h12H,5-11H2,1-4H3,(H,16,19)(H2,15,17,18);1H. The van der Waals surface area contributed by atoms with Crippen LogP contribution in [0, 0.1) is 5.92 Å². The molecule has 0 fully saturated rings. The summed E-state index contributed by atoms with van der Waals surface area (Å²) in [7, 11) is 0. The van der Waals surface area contributed by atoms with Crippen molar-refractivity contribution in [2.75, 3.05) is 26.2 Å². The van der Waals surface area contributed by atoms with Crippen molar-refractivity contribution in [2.45, 2.75) is 47.0 Å². The molecule has 0 aliphatic rings. The van der Waals surface area contributed by atoms with E-state index >= 15 is 0 Å². The molecule has 0 unspecified atom stereocenters. The third kappa shape index (κ3) is 13.9. The van der Waals surface area contributed by atoms with Crippen LogP contribution in [0.3, 0.4) is 0 Å². The van der Waals surface area contributed by atoms with Crippen molar-refractivity contribution < 1.29 is 4.79 Å². The first-order valence-corrected chi connectivity index (χ1v) is 7.39. The minimum Gasteiger partial charge on any atom is -0.357 e. The number of guanidine groups is 1. The summed E-state index contributed by atoms with van der Waals surface area (Å²) in [6.45, 7) is 11.5. The molecule has 5 nitrogen and oxygen atoms in total. The van der Waals surface area contributed by atoms with Crippen LogP contribution in [0.2, 0.25) is 0 Å². The maximum atomic E-state index is 11.4. The molecular formula is C14H31IN4O. The summed E-state index contributed by atoms with van der Waals surface area (Å²) in [5.74, 6) is 1.55. The van der Waals surface area contributed by atoms with Gasteiger partial charge in [-0.05, 0) is 25.7 Å². The van der Waals surface area contributed by atoms with E-state index in [1.165, 1.54) is 0 Å². The topological polar surface area (TPSA) is 65.5 Å². The SMILES string of the molecule is CCCNC(=O)CCNC(=NCCC(C)C)NCC.I. The molecule has 0 aromatic heterocycles. The number of halogens is 1. The maximum Gasteiger partial charge on any atom is 0.221 e. The summed E-state index contributed by atoms with van der Waals surface area (Å²) in [4.78, 5) is 15.9. The van der Waals surface area contributed by atoms with Gasteiger partial charge in [-0.3, -0.25) is 9.79 Å². The van der Waals surface area contributed by atoms with Crippen LogP contribution in [0.4, 0.5) is 0 Å². The lowest BCUT2D eigenvalue weighted by Crippen LogP contribution is -2.39. The first-order chi connectivity index (χ1) is 9.10. The summed E-state index contributed by atoms with van der Waals surface area (Å²) >= 11 is 0. The Kier molecular flexibility index (Phi) is 16.2. The van der Waals surface area contributed by atoms with Crippen molar-refractivity contribution in [1.29, 1.82) is 0 Å². The summed E-state index contributed by atoms with van der Waals surface area (Å²) in [5.41, 5.74) is 0. The van der Waals surface area contributed by atoms with E-state index in [1.54, 1.807) is 0 Å². The molecule has 0 rings (SSSR count). The van der Waals surface area contributed by atoms with E-state index in [0.717, 1.165) is 38.4 Å². The van der Waals surface area contributed by atoms with Gasteiger partial charge in [0.25, 0.3) is 0 Å². The number of carbonyl (C=O) groups is 1. The molecule has 0 heterocycles. The number of amides is 1. The number of nitrogens with zero attached hydrogens (tertiary/aromatic N) is 1. The van der Waals surface area contributed by atoms with Crippen molar-refractivity contribution in [3.8, 4) is 0 Å². The van der Waals surface area contributed by atoms with E-state index in [9.17, 15) is 4.79 Å². The highest BCUT2D eigenvalue weighted by molar-refractivity contribution is 14.0. The maximum absolute atomic E-state index is 11.4. The molecule has 0 bridgehead atoms. The van der Waals surface area contributed by atoms with Crippen LogP contribution in [0.5, 0.6) is 0 Å². The Morgan fingerprint density at radius 1 is 1.10 bits per heavy atom. The molecule has 0 atom stereocenters. The van der Waals surface area contributed by atoms with Gasteiger partial charge in [-0.15, -0.1) is 24.0 Å². The number of rotatable bonds is 9. The largest absolute Gasteiger partial charge is 0.357 e. The average molecular weight is 398 g/mol. The minimum absolute atomic E-state index is 0. The predicted octanol–water partition coefficient (Wildman–Crippen LogP) is 2.12. The van der Waals surface area contributed by atoms with Crippen LogP contribution in [0.1, 0.15) is 47.0 Å². The van der Waals surface area contributed by atoms with Crippen molar-refractivity contribution in [3.05, 3.63) is 0 Å². The van der Waals surface area contributed by atoms with E-state index < -0.39 is 0 Å². The van der Waals surface area contributed by atoms with Crippen molar-refractivity contribution in [3.63, 3.8) is 0 Å². The van der Waals surface area contributed by atoms with Crippen LogP contribution in [-0.4, -0.2) is 38.0 Å². The Balaban J connectivity index is 0. The average Bonchev–Trinajstić information content (AvgIpc) is 2.36. The van der Waals surface area contributed by atoms with Crippen LogP contribution in [0.25, 0.3) is 0 Å². The van der Waals surface area contributed by atoms with E-state index in [-0.39, 0.29) is 29.9 Å². The van der Waals surface area contributed by atoms with Crippen LogP contribution in [-0.2, 0) is 4.79 Å². The predicted molar refractivity (Wildman–Crippen MR) is 96.8 cm³/mol. The highest BCUT2D eigenvalue weighted by Gasteiger charge is 2.01. The zero-order valence-electron chi connectivity index (χ0n) is 13.3. The van der Waals surface area contributed by atoms with Gasteiger partial charge in [-0.25, -0.2) is 0 Å². The fourth-order valence-corrected chi connectivity index (χ4v) is 1.42. The summed E-state index contributed by atoms with van der Waals surface area (Å²) < 4.78 is 0. The molecule has 0 aromatic carbocycles. The van der Waals surface area contributed by atoms with Gasteiger partial charge < -0.3 is 16.0 Å². The van der Waals surface area contributed by atoms with Crippen LogP contribution < -0.4 is 16.0 Å². The lowest BCUT2D eigenvalue weighted by Gasteiger charge is -2.11. The molecule has 0 aliphatic heterocycles. The van der Waals surface area contributed by atoms with E-state index in [4.69, 9.17) is 0 Å². The van der Waals surface area contributed by atoms with Crippen molar-refractivity contribution >= 4 is 35.8 Å². The zero-order chi connectivity index (χ0) is 14.5. The molecule has 0 spiro atoms. The Morgan fingerprint density at radius 2 is 1.80 bits per heavy atom. The fraction of sp³-hybridized carbons (Fsp3) is 0.857. The highest BCUT2D eigenvalue weighted by Crippen LogP contribution is 1.98. The molecule has 3 N–H and O–H groups in total. The van der Waals surface area contributed by atoms with Crippen LogP contribution >= 0.6 is 24.0 Å². The number of carbonyl (C=O) groups excluding carboxylic acids is 1. The number of aliphatic imine (C=N–C) groups is 1. The van der Waals surface area contributed by atoms with Crippen molar-refractivity contribution in [2.24, 2.45) is 10.9 Å². The lowest BCUT2D eigenvalue weighted by atomic mass is 10.1. The first kappa shape index (κ1) is 21.8. The van der Waals surface area contributed by atoms with Crippen LogP contribution in [0.15, 0.2) is 4.99 Å². The van der Waals surface area contributed by atoms with Crippen molar-refractivity contribution in [1.82, 2.24) is 16.0 Å².